The molecule has 0 bridgehead atoms. The third kappa shape index (κ3) is 5.82. The summed E-state index contributed by atoms with van der Waals surface area (Å²) in [6.45, 7) is 0.396. The Morgan fingerprint density at radius 3 is 1.69 bits per heavy atom. The molecule has 5 rings (SSSR count). The van der Waals surface area contributed by atoms with Gasteiger partial charge in [-0.3, -0.25) is 4.79 Å². The maximum absolute atomic E-state index is 10.9. The smallest absolute Gasteiger partial charge is 0.307 e. The monoisotopic (exact) mass is 508 g/mol. The van der Waals surface area contributed by atoms with Crippen LogP contribution in [0.25, 0.3) is 26.5 Å². The summed E-state index contributed by atoms with van der Waals surface area (Å²) in [5, 5.41) is 13.1. The Balaban J connectivity index is 1.39. The molecule has 3 nitrogen and oxygen atoms in total. The molecule has 5 heteroatoms. The first-order chi connectivity index (χ1) is 17.7. The minimum absolute atomic E-state index is 0.00721. The molecule has 178 valence electrons. The Hall–Kier alpha value is -3.93. The maximum Gasteiger partial charge on any atom is 0.307 e. The zero-order valence-electron chi connectivity index (χ0n) is 19.5. The summed E-state index contributed by atoms with van der Waals surface area (Å²) in [4.78, 5) is 13.4. The molecule has 0 radical (unpaired) electrons. The highest BCUT2D eigenvalue weighted by Crippen LogP contribution is 2.31. The topological polar surface area (TPSA) is 46.5 Å². The molecule has 2 aromatic heterocycles. The quantitative estimate of drug-likeness (QED) is 0.218. The van der Waals surface area contributed by atoms with Gasteiger partial charge in [0.15, 0.2) is 0 Å². The second-order valence-corrected chi connectivity index (χ2v) is 10.1. The van der Waals surface area contributed by atoms with Gasteiger partial charge in [-0.25, -0.2) is 0 Å². The van der Waals surface area contributed by atoms with Crippen LogP contribution in [0.2, 0.25) is 0 Å². The van der Waals surface area contributed by atoms with Crippen molar-refractivity contribution in [3.05, 3.63) is 131 Å². The lowest BCUT2D eigenvalue weighted by Crippen LogP contribution is -2.00. The van der Waals surface area contributed by atoms with Crippen molar-refractivity contribution in [3.8, 4) is 26.6 Å². The minimum atomic E-state index is -0.841. The van der Waals surface area contributed by atoms with Crippen molar-refractivity contribution in [2.75, 3.05) is 6.61 Å². The third-order valence-electron chi connectivity index (χ3n) is 5.82. The molecule has 0 saturated heterocycles. The highest BCUT2D eigenvalue weighted by atomic mass is 32.1. The van der Waals surface area contributed by atoms with E-state index in [1.807, 2.05) is 12.1 Å². The summed E-state index contributed by atoms with van der Waals surface area (Å²) in [6, 6.07) is 32.9. The Labute approximate surface area is 218 Å². The van der Waals surface area contributed by atoms with E-state index in [0.29, 0.717) is 12.4 Å². The van der Waals surface area contributed by atoms with Gasteiger partial charge in [0.05, 0.1) is 6.42 Å². The van der Waals surface area contributed by atoms with Crippen LogP contribution in [0, 0.1) is 0 Å². The standard InChI is InChI=1S/C31H24O3S2/c32-31(33)21-22-5-15-27(16-6-22)34-18-17-28(23-7-11-25(12-8-23)29-3-1-19-35-29)24-9-13-26(14-10-24)30-4-2-20-36-30/h1-17,19-20H,18,21H2,(H,32,33). The van der Waals surface area contributed by atoms with Crippen LogP contribution in [0.4, 0.5) is 0 Å². The average molecular weight is 509 g/mol. The fourth-order valence-corrected chi connectivity index (χ4v) is 5.48. The van der Waals surface area contributed by atoms with Gasteiger partial charge >= 0.3 is 5.97 Å². The van der Waals surface area contributed by atoms with Crippen molar-refractivity contribution >= 4 is 34.2 Å². The fourth-order valence-electron chi connectivity index (χ4n) is 4.02. The molecule has 2 heterocycles. The second-order valence-electron chi connectivity index (χ2n) is 8.25. The van der Waals surface area contributed by atoms with Gasteiger partial charge in [0.25, 0.3) is 0 Å². The fraction of sp³-hybridized carbons (Fsp3) is 0.0645. The number of thiophene rings is 2. The summed E-state index contributed by atoms with van der Waals surface area (Å²) >= 11 is 3.47. The maximum atomic E-state index is 10.9. The molecule has 0 unspecified atom stereocenters. The van der Waals surface area contributed by atoms with E-state index in [9.17, 15) is 4.79 Å². The first-order valence-electron chi connectivity index (χ1n) is 11.6. The zero-order valence-corrected chi connectivity index (χ0v) is 21.1. The van der Waals surface area contributed by atoms with Crippen molar-refractivity contribution in [1.29, 1.82) is 0 Å². The first-order valence-corrected chi connectivity index (χ1v) is 13.3. The molecule has 0 aliphatic heterocycles. The van der Waals surface area contributed by atoms with E-state index < -0.39 is 5.97 Å². The summed E-state index contributed by atoms with van der Waals surface area (Å²) in [5.41, 5.74) is 6.52. The number of carbonyl (C=O) groups is 1. The minimum Gasteiger partial charge on any atom is -0.490 e. The number of carboxylic acid groups (broad SMARTS) is 1. The normalized spacial score (nSPS) is 10.7. The van der Waals surface area contributed by atoms with Gasteiger partial charge in [-0.15, -0.1) is 22.7 Å². The predicted molar refractivity (Wildman–Crippen MR) is 150 cm³/mol. The van der Waals surface area contributed by atoms with Crippen LogP contribution < -0.4 is 4.74 Å². The van der Waals surface area contributed by atoms with Crippen molar-refractivity contribution in [2.24, 2.45) is 0 Å². The molecule has 36 heavy (non-hydrogen) atoms. The predicted octanol–water partition coefficient (Wildman–Crippen LogP) is 8.28. The third-order valence-corrected chi connectivity index (χ3v) is 7.66. The molecule has 0 aliphatic rings. The van der Waals surface area contributed by atoms with E-state index >= 15 is 0 Å². The lowest BCUT2D eigenvalue weighted by atomic mass is 9.95. The summed E-state index contributed by atoms with van der Waals surface area (Å²) in [6.07, 6.45) is 2.11. The Bertz CT molecular complexity index is 1350. The van der Waals surface area contributed by atoms with Gasteiger partial charge in [0.2, 0.25) is 0 Å². The molecule has 0 atom stereocenters. The van der Waals surface area contributed by atoms with Gasteiger partial charge < -0.3 is 9.84 Å². The van der Waals surface area contributed by atoms with Crippen LogP contribution in [0.5, 0.6) is 5.75 Å². The van der Waals surface area contributed by atoms with Crippen LogP contribution in [0.15, 0.2) is 114 Å². The Morgan fingerprint density at radius 2 is 1.25 bits per heavy atom. The van der Waals surface area contributed by atoms with E-state index in [1.54, 1.807) is 34.8 Å². The number of hydrogen-bond donors (Lipinski definition) is 1. The Kier molecular flexibility index (Phi) is 7.41. The van der Waals surface area contributed by atoms with Crippen LogP contribution >= 0.6 is 22.7 Å². The highest BCUT2D eigenvalue weighted by molar-refractivity contribution is 7.13. The van der Waals surface area contributed by atoms with Crippen molar-refractivity contribution in [2.45, 2.75) is 6.42 Å². The SMILES string of the molecule is O=C(O)Cc1ccc(OCC=C(c2ccc(-c3cccs3)cc2)c2ccc(-c3cccs3)cc2)cc1. The van der Waals surface area contributed by atoms with Gasteiger partial charge in [-0.1, -0.05) is 72.8 Å². The van der Waals surface area contributed by atoms with Crippen LogP contribution in [0.1, 0.15) is 16.7 Å². The molecular weight excluding hydrogens is 484 g/mol. The number of benzene rings is 3. The molecular formula is C31H24O3S2. The number of carboxylic acids is 1. The molecule has 0 aliphatic carbocycles. The number of aliphatic carboxylic acids is 1. The van der Waals surface area contributed by atoms with E-state index in [2.05, 4.69) is 89.6 Å². The van der Waals surface area contributed by atoms with E-state index in [0.717, 1.165) is 22.3 Å². The number of rotatable bonds is 9. The lowest BCUT2D eigenvalue weighted by molar-refractivity contribution is -0.136. The number of hydrogen-bond acceptors (Lipinski definition) is 4. The molecule has 5 aromatic rings. The highest BCUT2D eigenvalue weighted by Gasteiger charge is 2.08. The van der Waals surface area contributed by atoms with Gasteiger partial charge in [0.1, 0.15) is 12.4 Å². The van der Waals surface area contributed by atoms with Crippen LogP contribution in [-0.2, 0) is 11.2 Å². The van der Waals surface area contributed by atoms with Crippen molar-refractivity contribution in [1.82, 2.24) is 0 Å². The van der Waals surface area contributed by atoms with Crippen molar-refractivity contribution < 1.29 is 14.6 Å². The molecule has 0 amide bonds. The molecule has 3 aromatic carbocycles. The van der Waals surface area contributed by atoms with Crippen LogP contribution in [-0.4, -0.2) is 17.7 Å². The summed E-state index contributed by atoms with van der Waals surface area (Å²) in [5.74, 6) is -0.132. The molecule has 0 saturated carbocycles. The Morgan fingerprint density at radius 1 is 0.722 bits per heavy atom. The van der Waals surface area contributed by atoms with Crippen molar-refractivity contribution in [3.63, 3.8) is 0 Å². The van der Waals surface area contributed by atoms with E-state index in [4.69, 9.17) is 9.84 Å². The van der Waals surface area contributed by atoms with Gasteiger partial charge in [-0.2, -0.15) is 0 Å². The van der Waals surface area contributed by atoms with Gasteiger partial charge in [0, 0.05) is 9.75 Å². The van der Waals surface area contributed by atoms with Crippen LogP contribution in [0.3, 0.4) is 0 Å². The first kappa shape index (κ1) is 23.8. The molecule has 1 N–H and O–H groups in total. The average Bonchev–Trinajstić information content (AvgIpc) is 3.63. The molecule has 0 fully saturated rings. The summed E-state index contributed by atoms with van der Waals surface area (Å²) < 4.78 is 5.98. The van der Waals surface area contributed by atoms with Gasteiger partial charge in [-0.05, 0) is 74.5 Å². The molecule has 0 spiro atoms. The largest absolute Gasteiger partial charge is 0.490 e. The number of ether oxygens (including phenoxy) is 1. The van der Waals surface area contributed by atoms with E-state index in [1.165, 1.54) is 20.9 Å². The summed E-state index contributed by atoms with van der Waals surface area (Å²) in [7, 11) is 0. The lowest BCUT2D eigenvalue weighted by Gasteiger charge is -2.12. The second kappa shape index (κ2) is 11.2. The zero-order chi connectivity index (χ0) is 24.7. The van der Waals surface area contributed by atoms with E-state index in [-0.39, 0.29) is 6.42 Å².